The zero-order valence-corrected chi connectivity index (χ0v) is 16.4. The Morgan fingerprint density at radius 2 is 1.96 bits per heavy atom. The summed E-state index contributed by atoms with van der Waals surface area (Å²) in [5, 5.41) is 11.3. The van der Waals surface area contributed by atoms with Crippen LogP contribution in [0.5, 0.6) is 0 Å². The fraction of sp³-hybridized carbons (Fsp3) is 0.333. The van der Waals surface area contributed by atoms with Crippen LogP contribution in [0.25, 0.3) is 0 Å². The van der Waals surface area contributed by atoms with Gasteiger partial charge in [-0.1, -0.05) is 23.9 Å². The van der Waals surface area contributed by atoms with Crippen LogP contribution in [-0.2, 0) is 15.1 Å². The number of benzene rings is 2. The first-order chi connectivity index (χ1) is 13.6. The second-order valence-electron chi connectivity index (χ2n) is 6.54. The Kier molecular flexibility index (Phi) is 6.83. The number of Topliss-reactive ketones (excluding diaryl/α,β-unsaturated/α-hetero) is 1. The molecule has 0 bridgehead atoms. The molecule has 1 saturated heterocycles. The van der Waals surface area contributed by atoms with Gasteiger partial charge in [0.25, 0.3) is 0 Å². The molecule has 1 heterocycles. The molecule has 0 aliphatic carbocycles. The monoisotopic (exact) mass is 403 g/mol. The van der Waals surface area contributed by atoms with Crippen LogP contribution >= 0.6 is 11.8 Å². The summed E-state index contributed by atoms with van der Waals surface area (Å²) in [6.07, 6.45) is 2.57. The third kappa shape index (κ3) is 4.79. The van der Waals surface area contributed by atoms with Crippen molar-refractivity contribution in [2.75, 3.05) is 20.3 Å². The molecule has 1 aliphatic heterocycles. The summed E-state index contributed by atoms with van der Waals surface area (Å²) in [5.74, 6) is -0.443. The second-order valence-corrected chi connectivity index (χ2v) is 7.69. The van der Waals surface area contributed by atoms with Crippen molar-refractivity contribution in [3.8, 4) is 0 Å². The number of methoxy groups -OCH3 is 1. The molecule has 28 heavy (non-hydrogen) atoms. The van der Waals surface area contributed by atoms with Gasteiger partial charge in [0.1, 0.15) is 5.82 Å². The Labute approximate surface area is 167 Å². The number of hydrogen-bond acceptors (Lipinski definition) is 6. The lowest BCUT2D eigenvalue weighted by atomic mass is 9.86. The van der Waals surface area contributed by atoms with E-state index in [0.717, 1.165) is 21.6 Å². The van der Waals surface area contributed by atoms with Crippen molar-refractivity contribution in [1.82, 2.24) is 0 Å². The zero-order valence-electron chi connectivity index (χ0n) is 15.6. The van der Waals surface area contributed by atoms with E-state index in [4.69, 9.17) is 14.7 Å². The minimum atomic E-state index is -0.528. The Bertz CT molecular complexity index is 848. The van der Waals surface area contributed by atoms with Crippen molar-refractivity contribution in [3.05, 3.63) is 59.4 Å². The first-order valence-electron chi connectivity index (χ1n) is 8.97. The summed E-state index contributed by atoms with van der Waals surface area (Å²) in [4.78, 5) is 13.6. The molecule has 5 nitrogen and oxygen atoms in total. The van der Waals surface area contributed by atoms with Crippen LogP contribution in [0.3, 0.4) is 0 Å². The number of nitrogens with zero attached hydrogens (tertiary/aromatic N) is 1. The molecule has 0 atom stereocenters. The molecule has 2 aromatic carbocycles. The van der Waals surface area contributed by atoms with Crippen molar-refractivity contribution >= 4 is 23.8 Å². The number of rotatable bonds is 7. The minimum absolute atomic E-state index is 0.0407. The first-order valence-corrected chi connectivity index (χ1v) is 9.79. The maximum Gasteiger partial charge on any atom is 0.168 e. The van der Waals surface area contributed by atoms with Crippen LogP contribution in [0.1, 0.15) is 35.2 Å². The van der Waals surface area contributed by atoms with Gasteiger partial charge < -0.3 is 14.7 Å². The van der Waals surface area contributed by atoms with Gasteiger partial charge in [-0.3, -0.25) is 4.79 Å². The number of carbonyl (C=O) groups is 1. The molecule has 148 valence electrons. The molecule has 7 heteroatoms. The molecule has 3 rings (SSSR count). The lowest BCUT2D eigenvalue weighted by Gasteiger charge is -2.36. The van der Waals surface area contributed by atoms with Crippen LogP contribution < -0.4 is 0 Å². The first kappa shape index (κ1) is 20.5. The van der Waals surface area contributed by atoms with Gasteiger partial charge in [-0.2, -0.15) is 0 Å². The molecule has 0 amide bonds. The number of carbonyl (C=O) groups excluding carboxylic acids is 1. The summed E-state index contributed by atoms with van der Waals surface area (Å²) in [7, 11) is 1.65. The van der Waals surface area contributed by atoms with Gasteiger partial charge in [0.2, 0.25) is 0 Å². The Balaban J connectivity index is 1.79. The molecule has 0 saturated carbocycles. The highest BCUT2D eigenvalue weighted by Crippen LogP contribution is 2.38. The summed E-state index contributed by atoms with van der Waals surface area (Å²) in [6, 6.07) is 12.0. The van der Waals surface area contributed by atoms with Crippen LogP contribution in [0, 0.1) is 5.82 Å². The van der Waals surface area contributed by atoms with E-state index in [-0.39, 0.29) is 18.0 Å². The van der Waals surface area contributed by atoms with E-state index < -0.39 is 5.60 Å². The van der Waals surface area contributed by atoms with E-state index in [1.807, 2.05) is 18.2 Å². The predicted octanol–water partition coefficient (Wildman–Crippen LogP) is 4.66. The predicted molar refractivity (Wildman–Crippen MR) is 105 cm³/mol. The number of halogens is 1. The number of oxime groups is 1. The standard InChI is InChI=1S/C21H22FNO4S/c1-26-21(7-10-27-11-8-21)16-12-17(22)14-19(13-16)28-18-4-2-15(3-5-18)20(24)6-9-23-25/h2-5,9,12-14,25H,6-8,10-11H2,1H3. The minimum Gasteiger partial charge on any atom is -0.411 e. The molecule has 1 N–H and O–H groups in total. The van der Waals surface area contributed by atoms with Crippen LogP contribution in [0.15, 0.2) is 57.4 Å². The Morgan fingerprint density at radius 1 is 1.25 bits per heavy atom. The number of ketones is 1. The SMILES string of the molecule is COC1(c2cc(F)cc(Sc3ccc(C(=O)CC=NO)cc3)c2)CCOCC1. The fourth-order valence-electron chi connectivity index (χ4n) is 3.28. The smallest absolute Gasteiger partial charge is 0.168 e. The Morgan fingerprint density at radius 3 is 2.61 bits per heavy atom. The van der Waals surface area contributed by atoms with Crippen molar-refractivity contribution in [2.24, 2.45) is 5.16 Å². The van der Waals surface area contributed by atoms with Crippen LogP contribution in [0.2, 0.25) is 0 Å². The van der Waals surface area contributed by atoms with E-state index in [1.54, 1.807) is 19.2 Å². The van der Waals surface area contributed by atoms with Crippen LogP contribution in [0.4, 0.5) is 4.39 Å². The number of ether oxygens (including phenoxy) is 2. The summed E-state index contributed by atoms with van der Waals surface area (Å²) < 4.78 is 25.5. The van der Waals surface area contributed by atoms with E-state index >= 15 is 0 Å². The van der Waals surface area contributed by atoms with Gasteiger partial charge in [0, 0.05) is 54.9 Å². The third-order valence-electron chi connectivity index (χ3n) is 4.86. The third-order valence-corrected chi connectivity index (χ3v) is 5.84. The second kappa shape index (κ2) is 9.32. The van der Waals surface area contributed by atoms with E-state index in [9.17, 15) is 9.18 Å². The lowest BCUT2D eigenvalue weighted by Crippen LogP contribution is -2.35. The van der Waals surface area contributed by atoms with E-state index in [0.29, 0.717) is 31.6 Å². The summed E-state index contributed by atoms with van der Waals surface area (Å²) >= 11 is 1.42. The fourth-order valence-corrected chi connectivity index (χ4v) is 4.18. The van der Waals surface area contributed by atoms with Crippen molar-refractivity contribution in [1.29, 1.82) is 0 Å². The molecular weight excluding hydrogens is 381 g/mol. The van der Waals surface area contributed by atoms with E-state index in [1.165, 1.54) is 23.9 Å². The molecule has 2 aromatic rings. The van der Waals surface area contributed by atoms with Gasteiger partial charge in [0.05, 0.1) is 11.8 Å². The van der Waals surface area contributed by atoms with Gasteiger partial charge in [0.15, 0.2) is 5.78 Å². The average Bonchev–Trinajstić information content (AvgIpc) is 2.72. The summed E-state index contributed by atoms with van der Waals surface area (Å²) in [5.41, 5.74) is 0.820. The molecule has 1 aliphatic rings. The molecule has 0 radical (unpaired) electrons. The average molecular weight is 403 g/mol. The van der Waals surface area contributed by atoms with Crippen molar-refractivity contribution in [2.45, 2.75) is 34.7 Å². The molecule has 0 unspecified atom stereocenters. The quantitative estimate of drug-likeness (QED) is 0.315. The highest BCUT2D eigenvalue weighted by Gasteiger charge is 2.35. The lowest BCUT2D eigenvalue weighted by molar-refractivity contribution is -0.0950. The topological polar surface area (TPSA) is 68.1 Å². The highest BCUT2D eigenvalue weighted by atomic mass is 32.2. The van der Waals surface area contributed by atoms with Crippen molar-refractivity contribution < 1.29 is 23.9 Å². The van der Waals surface area contributed by atoms with Gasteiger partial charge in [-0.05, 0) is 35.9 Å². The Hall–Kier alpha value is -2.22. The molecule has 1 fully saturated rings. The molecule has 0 spiro atoms. The maximum atomic E-state index is 14.3. The van der Waals surface area contributed by atoms with Gasteiger partial charge >= 0.3 is 0 Å². The van der Waals surface area contributed by atoms with Gasteiger partial charge in [-0.15, -0.1) is 5.16 Å². The van der Waals surface area contributed by atoms with Crippen LogP contribution in [-0.4, -0.2) is 37.5 Å². The molecule has 0 aromatic heterocycles. The van der Waals surface area contributed by atoms with E-state index in [2.05, 4.69) is 5.16 Å². The number of hydrogen-bond donors (Lipinski definition) is 1. The largest absolute Gasteiger partial charge is 0.411 e. The zero-order chi connectivity index (χ0) is 20.0. The van der Waals surface area contributed by atoms with Crippen molar-refractivity contribution in [3.63, 3.8) is 0 Å². The summed E-state index contributed by atoms with van der Waals surface area (Å²) in [6.45, 7) is 1.17. The maximum absolute atomic E-state index is 14.3. The normalized spacial score (nSPS) is 16.4. The van der Waals surface area contributed by atoms with Gasteiger partial charge in [-0.25, -0.2) is 4.39 Å². The highest BCUT2D eigenvalue weighted by molar-refractivity contribution is 7.99. The molecular formula is C21H22FNO4S.